The lowest BCUT2D eigenvalue weighted by Crippen LogP contribution is -2.48. The van der Waals surface area contributed by atoms with Gasteiger partial charge in [0.15, 0.2) is 0 Å². The van der Waals surface area contributed by atoms with Crippen molar-refractivity contribution in [1.29, 1.82) is 0 Å². The van der Waals surface area contributed by atoms with Gasteiger partial charge in [0.2, 0.25) is 0 Å². The van der Waals surface area contributed by atoms with Crippen LogP contribution in [0.4, 0.5) is 5.69 Å². The molecule has 0 unspecified atom stereocenters. The summed E-state index contributed by atoms with van der Waals surface area (Å²) in [6.45, 7) is 9.80. The Balaban J connectivity index is 1.45. The van der Waals surface area contributed by atoms with Gasteiger partial charge in [0, 0.05) is 48.0 Å². The molecule has 1 fully saturated rings. The molecular formula is C28H31ClN2O3. The Morgan fingerprint density at radius 3 is 2.32 bits per heavy atom. The SMILES string of the molecule is CCOc1ccc(C(=O)N2CCN(c3cccc(Cl)c3)CC2)cc1COc1cc(C)cc(C)c1. The molecule has 0 radical (unpaired) electrons. The average Bonchev–Trinajstić information content (AvgIpc) is 2.83. The summed E-state index contributed by atoms with van der Waals surface area (Å²) in [4.78, 5) is 17.5. The van der Waals surface area contributed by atoms with Crippen LogP contribution in [-0.2, 0) is 6.61 Å². The molecule has 0 aromatic heterocycles. The molecule has 6 heteroatoms. The molecule has 34 heavy (non-hydrogen) atoms. The van der Waals surface area contributed by atoms with Crippen LogP contribution < -0.4 is 14.4 Å². The zero-order chi connectivity index (χ0) is 24.1. The number of ether oxygens (including phenoxy) is 2. The number of piperazine rings is 1. The van der Waals surface area contributed by atoms with E-state index in [1.807, 2.05) is 60.4 Å². The number of aryl methyl sites for hydroxylation is 2. The van der Waals surface area contributed by atoms with E-state index in [4.69, 9.17) is 21.1 Å². The lowest BCUT2D eigenvalue weighted by molar-refractivity contribution is 0.0746. The number of rotatable bonds is 7. The molecule has 1 amide bonds. The van der Waals surface area contributed by atoms with Gasteiger partial charge in [0.25, 0.3) is 5.91 Å². The van der Waals surface area contributed by atoms with Crippen molar-refractivity contribution in [2.75, 3.05) is 37.7 Å². The summed E-state index contributed by atoms with van der Waals surface area (Å²) in [5, 5.41) is 0.723. The van der Waals surface area contributed by atoms with Gasteiger partial charge >= 0.3 is 0 Å². The molecule has 4 rings (SSSR count). The van der Waals surface area contributed by atoms with E-state index in [1.54, 1.807) is 0 Å². The van der Waals surface area contributed by atoms with Crippen molar-refractivity contribution in [3.05, 3.63) is 87.9 Å². The number of benzene rings is 3. The minimum atomic E-state index is 0.0291. The van der Waals surface area contributed by atoms with Gasteiger partial charge in [0.1, 0.15) is 18.1 Å². The Morgan fingerprint density at radius 1 is 0.912 bits per heavy atom. The fourth-order valence-electron chi connectivity index (χ4n) is 4.32. The van der Waals surface area contributed by atoms with Gasteiger partial charge in [0.05, 0.1) is 6.61 Å². The molecule has 0 N–H and O–H groups in total. The van der Waals surface area contributed by atoms with Gasteiger partial charge in [-0.15, -0.1) is 0 Å². The molecule has 1 aliphatic rings. The fourth-order valence-corrected chi connectivity index (χ4v) is 4.51. The topological polar surface area (TPSA) is 42.0 Å². The summed E-state index contributed by atoms with van der Waals surface area (Å²) in [6.07, 6.45) is 0. The van der Waals surface area contributed by atoms with Gasteiger partial charge in [-0.25, -0.2) is 0 Å². The molecular weight excluding hydrogens is 448 g/mol. The van der Waals surface area contributed by atoms with Crippen LogP contribution >= 0.6 is 11.6 Å². The van der Waals surface area contributed by atoms with Crippen LogP contribution in [0.25, 0.3) is 0 Å². The van der Waals surface area contributed by atoms with E-state index in [2.05, 4.69) is 30.9 Å². The van der Waals surface area contributed by atoms with Crippen LogP contribution in [0.1, 0.15) is 34.0 Å². The summed E-state index contributed by atoms with van der Waals surface area (Å²) in [7, 11) is 0. The van der Waals surface area contributed by atoms with Crippen molar-refractivity contribution in [2.24, 2.45) is 0 Å². The van der Waals surface area contributed by atoms with E-state index in [-0.39, 0.29) is 5.91 Å². The molecule has 3 aromatic rings. The van der Waals surface area contributed by atoms with Crippen LogP contribution in [0.5, 0.6) is 11.5 Å². The standard InChI is InChI=1S/C28H31ClN2O3/c1-4-33-27-9-8-22(17-23(27)19-34-26-15-20(2)14-21(3)16-26)28(32)31-12-10-30(11-13-31)25-7-5-6-24(29)18-25/h5-9,14-18H,4,10-13,19H2,1-3H3. The molecule has 5 nitrogen and oxygen atoms in total. The highest BCUT2D eigenvalue weighted by Gasteiger charge is 2.23. The number of hydrogen-bond acceptors (Lipinski definition) is 4. The second-order valence-electron chi connectivity index (χ2n) is 8.63. The van der Waals surface area contributed by atoms with Crippen molar-refractivity contribution in [3.63, 3.8) is 0 Å². The maximum Gasteiger partial charge on any atom is 0.253 e. The molecule has 0 aliphatic carbocycles. The molecule has 0 saturated carbocycles. The smallest absolute Gasteiger partial charge is 0.253 e. The number of anilines is 1. The lowest BCUT2D eigenvalue weighted by Gasteiger charge is -2.36. The third kappa shape index (κ3) is 5.84. The summed E-state index contributed by atoms with van der Waals surface area (Å²) in [6, 6.07) is 19.6. The van der Waals surface area contributed by atoms with Crippen LogP contribution in [0, 0.1) is 13.8 Å². The monoisotopic (exact) mass is 478 g/mol. The largest absolute Gasteiger partial charge is 0.493 e. The number of hydrogen-bond donors (Lipinski definition) is 0. The van der Waals surface area contributed by atoms with E-state index in [9.17, 15) is 4.79 Å². The average molecular weight is 479 g/mol. The molecule has 178 valence electrons. The maximum absolute atomic E-state index is 13.3. The number of nitrogens with zero attached hydrogens (tertiary/aromatic N) is 2. The highest BCUT2D eigenvalue weighted by Crippen LogP contribution is 2.26. The van der Waals surface area contributed by atoms with E-state index >= 15 is 0 Å². The first-order chi connectivity index (χ1) is 16.4. The molecule has 1 heterocycles. The van der Waals surface area contributed by atoms with Crippen molar-refractivity contribution in [1.82, 2.24) is 4.90 Å². The summed E-state index contributed by atoms with van der Waals surface area (Å²) in [5.41, 5.74) is 4.91. The second kappa shape index (κ2) is 10.8. The minimum absolute atomic E-state index is 0.0291. The summed E-state index contributed by atoms with van der Waals surface area (Å²) in [5.74, 6) is 1.59. The van der Waals surface area contributed by atoms with Crippen molar-refractivity contribution in [2.45, 2.75) is 27.4 Å². The number of amides is 1. The van der Waals surface area contributed by atoms with E-state index in [0.717, 1.165) is 52.0 Å². The highest BCUT2D eigenvalue weighted by molar-refractivity contribution is 6.30. The van der Waals surface area contributed by atoms with E-state index < -0.39 is 0 Å². The number of carbonyl (C=O) groups is 1. The fraction of sp³-hybridized carbons (Fsp3) is 0.321. The number of carbonyl (C=O) groups excluding carboxylic acids is 1. The Morgan fingerprint density at radius 2 is 1.65 bits per heavy atom. The van der Waals surface area contributed by atoms with Gasteiger partial charge in [-0.1, -0.05) is 23.7 Å². The van der Waals surface area contributed by atoms with Crippen LogP contribution in [0.3, 0.4) is 0 Å². The van der Waals surface area contributed by atoms with Crippen molar-refractivity contribution < 1.29 is 14.3 Å². The van der Waals surface area contributed by atoms with Crippen LogP contribution in [0.2, 0.25) is 5.02 Å². The molecule has 0 bridgehead atoms. The quantitative estimate of drug-likeness (QED) is 0.424. The van der Waals surface area contributed by atoms with Crippen molar-refractivity contribution >= 4 is 23.2 Å². The summed E-state index contributed by atoms with van der Waals surface area (Å²) < 4.78 is 11.9. The zero-order valence-corrected chi connectivity index (χ0v) is 20.8. The lowest BCUT2D eigenvalue weighted by atomic mass is 10.1. The van der Waals surface area contributed by atoms with Gasteiger partial charge < -0.3 is 19.3 Å². The van der Waals surface area contributed by atoms with Crippen molar-refractivity contribution in [3.8, 4) is 11.5 Å². The molecule has 1 aliphatic heterocycles. The first kappa shape index (κ1) is 24.0. The van der Waals surface area contributed by atoms with Crippen LogP contribution in [-0.4, -0.2) is 43.6 Å². The predicted molar refractivity (Wildman–Crippen MR) is 137 cm³/mol. The van der Waals surface area contributed by atoms with Gasteiger partial charge in [-0.3, -0.25) is 4.79 Å². The van der Waals surface area contributed by atoms with Gasteiger partial charge in [-0.2, -0.15) is 0 Å². The second-order valence-corrected chi connectivity index (χ2v) is 9.06. The molecule has 0 atom stereocenters. The third-order valence-corrected chi connectivity index (χ3v) is 6.17. The Hall–Kier alpha value is -3.18. The maximum atomic E-state index is 13.3. The van der Waals surface area contributed by atoms with Gasteiger partial charge in [-0.05, 0) is 80.4 Å². The highest BCUT2D eigenvalue weighted by atomic mass is 35.5. The zero-order valence-electron chi connectivity index (χ0n) is 20.0. The van der Waals surface area contributed by atoms with Crippen LogP contribution in [0.15, 0.2) is 60.7 Å². The number of halogens is 1. The van der Waals surface area contributed by atoms with E-state index in [1.165, 1.54) is 0 Å². The predicted octanol–water partition coefficient (Wildman–Crippen LogP) is 5.90. The first-order valence-corrected chi connectivity index (χ1v) is 12.1. The minimum Gasteiger partial charge on any atom is -0.493 e. The Bertz CT molecular complexity index is 1140. The third-order valence-electron chi connectivity index (χ3n) is 5.94. The first-order valence-electron chi connectivity index (χ1n) is 11.7. The Labute approximate surface area is 206 Å². The normalized spacial score (nSPS) is 13.6. The molecule has 1 saturated heterocycles. The van der Waals surface area contributed by atoms with E-state index in [0.29, 0.717) is 31.9 Å². The Kier molecular flexibility index (Phi) is 7.63. The molecule has 0 spiro atoms. The molecule has 3 aromatic carbocycles. The summed E-state index contributed by atoms with van der Waals surface area (Å²) >= 11 is 6.14.